The third-order valence-electron chi connectivity index (χ3n) is 6.67. The van der Waals surface area contributed by atoms with Crippen LogP contribution in [0.5, 0.6) is 0 Å². The van der Waals surface area contributed by atoms with Crippen LogP contribution in [0.25, 0.3) is 10.0 Å². The van der Waals surface area contributed by atoms with Crippen LogP contribution in [0.1, 0.15) is 57.8 Å². The maximum absolute atomic E-state index is 13.3. The molecule has 1 unspecified atom stereocenters. The first-order valence-electron chi connectivity index (χ1n) is 11.5. The van der Waals surface area contributed by atoms with E-state index in [4.69, 9.17) is 0 Å². The van der Waals surface area contributed by atoms with Gasteiger partial charge < -0.3 is 4.90 Å². The Hall–Kier alpha value is -2.45. The highest BCUT2D eigenvalue weighted by Gasteiger charge is 2.37. The molecule has 1 amide bonds. The Morgan fingerprint density at radius 2 is 1.64 bits per heavy atom. The van der Waals surface area contributed by atoms with Crippen LogP contribution in [0.3, 0.4) is 0 Å². The fraction of sp³-hybridized carbons (Fsp3) is 0.480. The number of Topliss-reactive ketones (excluding diaryl/α,β-unsaturated/α-hetero) is 1. The van der Waals surface area contributed by atoms with Gasteiger partial charge in [0.25, 0.3) is 5.91 Å². The van der Waals surface area contributed by atoms with E-state index in [0.29, 0.717) is 18.3 Å². The number of thiazole rings is 2. The molecule has 33 heavy (non-hydrogen) atoms. The molecule has 0 N–H and O–H groups in total. The molecule has 0 bridgehead atoms. The predicted octanol–water partition coefficient (Wildman–Crippen LogP) is 3.96. The molecule has 3 aromatic rings. The quantitative estimate of drug-likeness (QED) is 0.393. The molecule has 1 saturated heterocycles. The molecule has 6 nitrogen and oxygen atoms in total. The van der Waals surface area contributed by atoms with Crippen LogP contribution in [0.4, 0.5) is 0 Å². The van der Waals surface area contributed by atoms with E-state index in [1.165, 1.54) is 16.2 Å². The number of amides is 1. The summed E-state index contributed by atoms with van der Waals surface area (Å²) in [4.78, 5) is 34.9. The first-order chi connectivity index (χ1) is 15.8. The third-order valence-corrected chi connectivity index (χ3v) is 9.22. The van der Waals surface area contributed by atoms with E-state index in [1.54, 1.807) is 34.9 Å². The summed E-state index contributed by atoms with van der Waals surface area (Å²) in [6.45, 7) is 11.9. The highest BCUT2D eigenvalue weighted by molar-refractivity contribution is 7.20. The lowest BCUT2D eigenvalue weighted by atomic mass is 10.0. The number of likely N-dealkylation sites (tertiary alicyclic amines) is 1. The van der Waals surface area contributed by atoms with Gasteiger partial charge in [-0.15, -0.1) is 0 Å². The van der Waals surface area contributed by atoms with Gasteiger partial charge in [-0.25, -0.2) is 0 Å². The Balaban J connectivity index is 1.70. The van der Waals surface area contributed by atoms with Crippen LogP contribution in [-0.2, 0) is 17.9 Å². The number of rotatable bonds is 6. The Morgan fingerprint density at radius 1 is 1.00 bits per heavy atom. The molecule has 174 valence electrons. The number of ketones is 1. The number of aromatic nitrogens is 3. The summed E-state index contributed by atoms with van der Waals surface area (Å²) >= 11 is 3.38. The van der Waals surface area contributed by atoms with E-state index >= 15 is 0 Å². The zero-order chi connectivity index (χ0) is 23.7. The number of pyridine rings is 1. The van der Waals surface area contributed by atoms with Crippen LogP contribution >= 0.6 is 22.7 Å². The van der Waals surface area contributed by atoms with Crippen molar-refractivity contribution < 1.29 is 18.7 Å². The molecular weight excluding hydrogens is 452 g/mol. The summed E-state index contributed by atoms with van der Waals surface area (Å²) in [7, 11) is 0. The molecular formula is C25H32N4O2S2+2. The van der Waals surface area contributed by atoms with Gasteiger partial charge in [0.05, 0.1) is 9.75 Å². The molecule has 0 saturated carbocycles. The van der Waals surface area contributed by atoms with E-state index in [1.807, 2.05) is 17.0 Å². The summed E-state index contributed by atoms with van der Waals surface area (Å²) in [5, 5.41) is 2.06. The van der Waals surface area contributed by atoms with Gasteiger partial charge in [0.15, 0.2) is 11.4 Å². The van der Waals surface area contributed by atoms with E-state index in [0.717, 1.165) is 40.8 Å². The van der Waals surface area contributed by atoms with Crippen LogP contribution < -0.4 is 9.13 Å². The SMILES string of the molecule is Cc1sc(-c2sc(C)c(C)[n+]2CC(=O)N2CCCCC2C)[n+](CC(=O)c2ccccn2)c1C. The molecule has 1 aliphatic rings. The van der Waals surface area contributed by atoms with Crippen LogP contribution in [-0.4, -0.2) is 34.2 Å². The van der Waals surface area contributed by atoms with Crippen LogP contribution in [0.15, 0.2) is 24.4 Å². The largest absolute Gasteiger partial charge is 0.346 e. The maximum Gasteiger partial charge on any atom is 0.346 e. The molecule has 0 aromatic carbocycles. The summed E-state index contributed by atoms with van der Waals surface area (Å²) in [5.74, 6) is 0.160. The topological polar surface area (TPSA) is 58.0 Å². The van der Waals surface area contributed by atoms with E-state index in [2.05, 4.69) is 48.7 Å². The second-order valence-corrected chi connectivity index (χ2v) is 11.2. The summed E-state index contributed by atoms with van der Waals surface area (Å²) in [6, 6.07) is 5.71. The molecule has 3 aromatic heterocycles. The number of hydrogen-bond acceptors (Lipinski definition) is 5. The van der Waals surface area contributed by atoms with Crippen molar-refractivity contribution in [2.45, 2.75) is 73.0 Å². The molecule has 4 heterocycles. The summed E-state index contributed by atoms with van der Waals surface area (Å²) in [5.41, 5.74) is 2.66. The van der Waals surface area contributed by atoms with Crippen molar-refractivity contribution in [3.05, 3.63) is 51.2 Å². The fourth-order valence-electron chi connectivity index (χ4n) is 4.38. The van der Waals surface area contributed by atoms with Crippen molar-refractivity contribution in [2.24, 2.45) is 0 Å². The van der Waals surface area contributed by atoms with Crippen molar-refractivity contribution in [2.75, 3.05) is 6.54 Å². The minimum atomic E-state index is -0.0162. The Morgan fingerprint density at radius 3 is 2.21 bits per heavy atom. The second kappa shape index (κ2) is 9.81. The minimum Gasteiger partial charge on any atom is -0.335 e. The van der Waals surface area contributed by atoms with Crippen LogP contribution in [0, 0.1) is 27.7 Å². The van der Waals surface area contributed by atoms with Gasteiger partial charge >= 0.3 is 10.0 Å². The second-order valence-electron chi connectivity index (χ2n) is 8.84. The number of nitrogens with zero attached hydrogens (tertiary/aromatic N) is 4. The van der Waals surface area contributed by atoms with E-state index < -0.39 is 0 Å². The Kier molecular flexibility index (Phi) is 7.05. The van der Waals surface area contributed by atoms with Crippen molar-refractivity contribution in [3.8, 4) is 10.0 Å². The Bertz CT molecular complexity index is 1180. The number of hydrogen-bond donors (Lipinski definition) is 0. The Labute approximate surface area is 203 Å². The average Bonchev–Trinajstić information content (AvgIpc) is 3.24. The van der Waals surface area contributed by atoms with E-state index in [9.17, 15) is 9.59 Å². The lowest BCUT2D eigenvalue weighted by Crippen LogP contribution is -2.51. The monoisotopic (exact) mass is 484 g/mol. The highest BCUT2D eigenvalue weighted by Crippen LogP contribution is 2.30. The van der Waals surface area contributed by atoms with E-state index in [-0.39, 0.29) is 18.2 Å². The van der Waals surface area contributed by atoms with Crippen molar-refractivity contribution >= 4 is 34.4 Å². The predicted molar refractivity (Wildman–Crippen MR) is 131 cm³/mol. The van der Waals surface area contributed by atoms with Gasteiger partial charge in [-0.3, -0.25) is 14.6 Å². The number of carbonyl (C=O) groups excluding carboxylic acids is 2. The lowest BCUT2D eigenvalue weighted by Gasteiger charge is -2.32. The number of carbonyl (C=O) groups is 2. The molecule has 1 atom stereocenters. The van der Waals surface area contributed by atoms with Gasteiger partial charge in [-0.1, -0.05) is 28.7 Å². The first kappa shape index (κ1) is 23.7. The summed E-state index contributed by atoms with van der Waals surface area (Å²) < 4.78 is 4.24. The first-order valence-corrected chi connectivity index (χ1v) is 13.1. The smallest absolute Gasteiger partial charge is 0.335 e. The minimum absolute atomic E-state index is 0.0162. The molecule has 1 aliphatic heterocycles. The number of aryl methyl sites for hydroxylation is 2. The lowest BCUT2D eigenvalue weighted by molar-refractivity contribution is -0.702. The average molecular weight is 485 g/mol. The van der Waals surface area contributed by atoms with Gasteiger partial charge in [0.1, 0.15) is 5.69 Å². The molecule has 4 rings (SSSR count). The molecule has 0 aliphatic carbocycles. The third kappa shape index (κ3) is 4.77. The highest BCUT2D eigenvalue weighted by atomic mass is 32.1. The number of piperidine rings is 1. The molecule has 8 heteroatoms. The molecule has 0 spiro atoms. The normalized spacial score (nSPS) is 16.3. The van der Waals surface area contributed by atoms with Gasteiger partial charge in [0, 0.05) is 32.6 Å². The fourth-order valence-corrected chi connectivity index (χ4v) is 6.74. The standard InChI is InChI=1S/C25H32N4O2S2/c1-16-10-7-9-13-27(16)23(31)15-29-18(3)20(5)33-25(29)24-28(17(2)19(4)32-24)14-22(30)21-11-6-8-12-26-21/h6,8,11-12,16H,7,9-10,13-15H2,1-5H3/q+2. The van der Waals surface area contributed by atoms with Gasteiger partial charge in [-0.05, 0) is 52.2 Å². The van der Waals surface area contributed by atoms with Gasteiger partial charge in [-0.2, -0.15) is 9.13 Å². The van der Waals surface area contributed by atoms with Gasteiger partial charge in [0.2, 0.25) is 18.9 Å². The maximum atomic E-state index is 13.3. The molecule has 0 radical (unpaired) electrons. The van der Waals surface area contributed by atoms with Crippen molar-refractivity contribution in [1.29, 1.82) is 0 Å². The van der Waals surface area contributed by atoms with Crippen molar-refractivity contribution in [3.63, 3.8) is 0 Å². The zero-order valence-corrected chi connectivity index (χ0v) is 21.7. The molecule has 1 fully saturated rings. The summed E-state index contributed by atoms with van der Waals surface area (Å²) in [6.07, 6.45) is 4.99. The van der Waals surface area contributed by atoms with Crippen molar-refractivity contribution in [1.82, 2.24) is 9.88 Å². The van der Waals surface area contributed by atoms with Crippen LogP contribution in [0.2, 0.25) is 0 Å². The zero-order valence-electron chi connectivity index (χ0n) is 20.1.